The molecular formula is C11H15FN2O4S. The Labute approximate surface area is 113 Å². The maximum absolute atomic E-state index is 14.8. The molecule has 1 aromatic heterocycles. The van der Waals surface area contributed by atoms with E-state index in [0.29, 0.717) is 0 Å². The van der Waals surface area contributed by atoms with Crippen LogP contribution in [0.2, 0.25) is 0 Å². The zero-order chi connectivity index (χ0) is 14.2. The van der Waals surface area contributed by atoms with Gasteiger partial charge < -0.3 is 14.9 Å². The van der Waals surface area contributed by atoms with Gasteiger partial charge in [0.25, 0.3) is 5.56 Å². The molecule has 0 amide bonds. The average molecular weight is 290 g/mol. The van der Waals surface area contributed by atoms with Gasteiger partial charge in [-0.3, -0.25) is 14.3 Å². The van der Waals surface area contributed by atoms with Crippen molar-refractivity contribution < 1.29 is 19.3 Å². The summed E-state index contributed by atoms with van der Waals surface area (Å²) in [5, 5.41) is 18.4. The summed E-state index contributed by atoms with van der Waals surface area (Å²) in [5.74, 6) is -0.865. The van der Waals surface area contributed by atoms with Crippen molar-refractivity contribution in [2.75, 3.05) is 13.2 Å². The Morgan fingerprint density at radius 2 is 2.26 bits per heavy atom. The van der Waals surface area contributed by atoms with Gasteiger partial charge in [-0.2, -0.15) is 0 Å². The van der Waals surface area contributed by atoms with Crippen molar-refractivity contribution in [3.8, 4) is 0 Å². The van der Waals surface area contributed by atoms with Gasteiger partial charge in [-0.1, -0.05) is 0 Å². The number of nitrogens with one attached hydrogen (secondary N) is 1. The van der Waals surface area contributed by atoms with E-state index in [0.717, 1.165) is 0 Å². The predicted octanol–water partition coefficient (Wildman–Crippen LogP) is 0.132. The second kappa shape index (κ2) is 5.12. The van der Waals surface area contributed by atoms with Crippen LogP contribution < -0.4 is 5.56 Å². The van der Waals surface area contributed by atoms with Crippen molar-refractivity contribution in [1.29, 1.82) is 0 Å². The van der Waals surface area contributed by atoms with Crippen LogP contribution in [0, 0.1) is 10.7 Å². The highest BCUT2D eigenvalue weighted by molar-refractivity contribution is 7.71. The van der Waals surface area contributed by atoms with Crippen LogP contribution >= 0.6 is 12.2 Å². The van der Waals surface area contributed by atoms with E-state index in [1.807, 2.05) is 0 Å². The van der Waals surface area contributed by atoms with Crippen molar-refractivity contribution in [2.24, 2.45) is 5.92 Å². The first-order valence-electron chi connectivity index (χ1n) is 5.79. The van der Waals surface area contributed by atoms with Crippen LogP contribution in [0.5, 0.6) is 0 Å². The predicted molar refractivity (Wildman–Crippen MR) is 67.0 cm³/mol. The van der Waals surface area contributed by atoms with E-state index in [-0.39, 0.29) is 4.77 Å². The van der Waals surface area contributed by atoms with Crippen molar-refractivity contribution in [1.82, 2.24) is 9.55 Å². The summed E-state index contributed by atoms with van der Waals surface area (Å²) in [7, 11) is 0. The molecule has 3 N–H and O–H groups in total. The summed E-state index contributed by atoms with van der Waals surface area (Å²) < 4.78 is 21.5. The Bertz CT molecular complexity index is 570. The van der Waals surface area contributed by atoms with E-state index < -0.39 is 42.7 Å². The first-order valence-corrected chi connectivity index (χ1v) is 6.20. The number of aliphatic hydroxyl groups excluding tert-OH is 2. The fraction of sp³-hybridized carbons (Fsp3) is 0.636. The Morgan fingerprint density at radius 3 is 2.74 bits per heavy atom. The fourth-order valence-corrected chi connectivity index (χ4v) is 2.61. The van der Waals surface area contributed by atoms with Gasteiger partial charge in [0.2, 0.25) is 0 Å². The maximum Gasteiger partial charge on any atom is 0.251 e. The number of aromatic nitrogens is 2. The van der Waals surface area contributed by atoms with Crippen LogP contribution in [0.15, 0.2) is 17.1 Å². The van der Waals surface area contributed by atoms with Crippen LogP contribution in [-0.4, -0.2) is 44.8 Å². The number of ether oxygens (including phenoxy) is 1. The minimum atomic E-state index is -1.92. The quantitative estimate of drug-likeness (QED) is 0.689. The molecule has 1 aliphatic heterocycles. The van der Waals surface area contributed by atoms with Gasteiger partial charge in [-0.25, -0.2) is 4.39 Å². The number of aliphatic hydroxyl groups is 2. The molecule has 2 rings (SSSR count). The number of aromatic amines is 1. The molecule has 1 aliphatic rings. The van der Waals surface area contributed by atoms with Crippen LogP contribution in [0.25, 0.3) is 0 Å². The van der Waals surface area contributed by atoms with Crippen LogP contribution in [0.1, 0.15) is 13.2 Å². The topological polar surface area (TPSA) is 87.5 Å². The molecule has 0 saturated carbocycles. The Balaban J connectivity index is 2.45. The number of alkyl halides is 1. The maximum atomic E-state index is 14.8. The molecule has 0 aromatic carbocycles. The van der Waals surface area contributed by atoms with Crippen molar-refractivity contribution in [3.63, 3.8) is 0 Å². The Kier molecular flexibility index (Phi) is 3.86. The largest absolute Gasteiger partial charge is 0.396 e. The summed E-state index contributed by atoms with van der Waals surface area (Å²) in [4.78, 5) is 13.5. The minimum Gasteiger partial charge on any atom is -0.396 e. The highest BCUT2D eigenvalue weighted by Crippen LogP contribution is 2.45. The SMILES string of the molecule is CC1(F)C(CO)[C@@H](CO)O[C@H]1n1ccc(=O)[nH]c1=S. The first kappa shape index (κ1) is 14.3. The smallest absolute Gasteiger partial charge is 0.251 e. The highest BCUT2D eigenvalue weighted by atomic mass is 32.1. The Morgan fingerprint density at radius 1 is 1.58 bits per heavy atom. The van der Waals surface area contributed by atoms with Gasteiger partial charge in [0.05, 0.1) is 19.3 Å². The van der Waals surface area contributed by atoms with Crippen LogP contribution in [-0.2, 0) is 4.74 Å². The molecule has 0 radical (unpaired) electrons. The second-order valence-electron chi connectivity index (χ2n) is 4.67. The molecule has 106 valence electrons. The summed E-state index contributed by atoms with van der Waals surface area (Å²) in [6, 6.07) is 1.20. The third kappa shape index (κ3) is 2.36. The standard InChI is InChI=1S/C11H15FN2O4S/c1-11(12)6(4-15)7(5-16)18-9(11)14-3-2-8(17)13-10(14)19/h2-3,6-7,9,15-16H,4-5H2,1H3,(H,13,17,19)/t6?,7-,9-,11?/m1/s1. The lowest BCUT2D eigenvalue weighted by Crippen LogP contribution is -2.38. The van der Waals surface area contributed by atoms with Crippen LogP contribution in [0.4, 0.5) is 4.39 Å². The molecule has 1 aromatic rings. The summed E-state index contributed by atoms with van der Waals surface area (Å²) in [6.07, 6.45) is -0.595. The lowest BCUT2D eigenvalue weighted by Gasteiger charge is -2.27. The normalized spacial score (nSPS) is 34.6. The van der Waals surface area contributed by atoms with E-state index in [1.165, 1.54) is 23.8 Å². The molecule has 1 saturated heterocycles. The lowest BCUT2D eigenvalue weighted by molar-refractivity contribution is -0.0601. The van der Waals surface area contributed by atoms with Crippen molar-refractivity contribution >= 4 is 12.2 Å². The number of rotatable bonds is 3. The lowest BCUT2D eigenvalue weighted by atomic mass is 9.89. The Hall–Kier alpha value is -1.09. The van der Waals surface area contributed by atoms with E-state index in [2.05, 4.69) is 4.98 Å². The molecule has 2 heterocycles. The zero-order valence-electron chi connectivity index (χ0n) is 10.2. The van der Waals surface area contributed by atoms with E-state index >= 15 is 0 Å². The zero-order valence-corrected chi connectivity index (χ0v) is 11.1. The number of nitrogens with zero attached hydrogens (tertiary/aromatic N) is 1. The van der Waals surface area contributed by atoms with E-state index in [9.17, 15) is 19.4 Å². The third-order valence-corrected chi connectivity index (χ3v) is 3.75. The molecule has 8 heteroatoms. The molecular weight excluding hydrogens is 275 g/mol. The molecule has 4 atom stereocenters. The van der Waals surface area contributed by atoms with Gasteiger partial charge >= 0.3 is 0 Å². The second-order valence-corrected chi connectivity index (χ2v) is 5.05. The van der Waals surface area contributed by atoms with Gasteiger partial charge in [0.1, 0.15) is 0 Å². The first-order chi connectivity index (χ1) is 8.91. The van der Waals surface area contributed by atoms with Gasteiger partial charge in [0, 0.05) is 18.2 Å². The van der Waals surface area contributed by atoms with Crippen molar-refractivity contribution in [3.05, 3.63) is 27.4 Å². The highest BCUT2D eigenvalue weighted by Gasteiger charge is 2.54. The third-order valence-electron chi connectivity index (χ3n) is 3.44. The van der Waals surface area contributed by atoms with Crippen molar-refractivity contribution in [2.45, 2.75) is 24.9 Å². The number of halogens is 1. The molecule has 6 nitrogen and oxygen atoms in total. The van der Waals surface area contributed by atoms with Gasteiger partial charge in [-0.05, 0) is 19.1 Å². The molecule has 0 spiro atoms. The fourth-order valence-electron chi connectivity index (χ4n) is 2.36. The van der Waals surface area contributed by atoms with Crippen LogP contribution in [0.3, 0.4) is 0 Å². The minimum absolute atomic E-state index is 0.0247. The average Bonchev–Trinajstić information content (AvgIpc) is 2.60. The monoisotopic (exact) mass is 290 g/mol. The molecule has 2 unspecified atom stereocenters. The summed E-state index contributed by atoms with van der Waals surface area (Å²) in [5.41, 5.74) is -2.31. The summed E-state index contributed by atoms with van der Waals surface area (Å²) in [6.45, 7) is 0.421. The number of H-pyrrole nitrogens is 1. The molecule has 0 aliphatic carbocycles. The molecule has 0 bridgehead atoms. The van der Waals surface area contributed by atoms with E-state index in [4.69, 9.17) is 17.0 Å². The molecule has 1 fully saturated rings. The molecule has 19 heavy (non-hydrogen) atoms. The van der Waals surface area contributed by atoms with E-state index in [1.54, 1.807) is 0 Å². The number of hydrogen-bond acceptors (Lipinski definition) is 5. The number of hydrogen-bond donors (Lipinski definition) is 3. The van der Waals surface area contributed by atoms with Gasteiger partial charge in [0.15, 0.2) is 16.7 Å². The summed E-state index contributed by atoms with van der Waals surface area (Å²) >= 11 is 4.96. The van der Waals surface area contributed by atoms with Gasteiger partial charge in [-0.15, -0.1) is 0 Å².